The Morgan fingerprint density at radius 3 is 2.41 bits per heavy atom. The van der Waals surface area contributed by atoms with Gasteiger partial charge in [0.1, 0.15) is 5.82 Å². The molecule has 27 heavy (non-hydrogen) atoms. The Morgan fingerprint density at radius 1 is 1.11 bits per heavy atom. The van der Waals surface area contributed by atoms with Gasteiger partial charge in [-0.25, -0.2) is 4.39 Å². The van der Waals surface area contributed by atoms with Crippen molar-refractivity contribution in [2.24, 2.45) is 5.41 Å². The monoisotopic (exact) mass is 365 g/mol. The van der Waals surface area contributed by atoms with E-state index in [1.54, 1.807) is 12.1 Å². The smallest absolute Gasteiger partial charge is 0.247 e. The zero-order valence-electron chi connectivity index (χ0n) is 15.2. The van der Waals surface area contributed by atoms with E-state index in [0.29, 0.717) is 18.2 Å². The Kier molecular flexibility index (Phi) is 4.06. The van der Waals surface area contributed by atoms with Crippen LogP contribution in [0, 0.1) is 11.2 Å². The molecule has 0 aliphatic heterocycles. The molecule has 0 bridgehead atoms. The maximum atomic E-state index is 13.3. The number of carbonyl (C=O) groups excluding carboxylic acids is 1. The van der Waals surface area contributed by atoms with E-state index in [4.69, 9.17) is 4.42 Å². The van der Waals surface area contributed by atoms with Gasteiger partial charge in [0.05, 0.1) is 12.0 Å². The third-order valence-corrected chi connectivity index (χ3v) is 5.35. The Labute approximate surface area is 156 Å². The molecule has 1 aliphatic rings. The number of rotatable bonds is 5. The van der Waals surface area contributed by atoms with Crippen LogP contribution in [-0.2, 0) is 16.8 Å². The largest absolute Gasteiger partial charge is 0.419 e. The molecule has 0 radical (unpaired) electrons. The molecular weight excluding hydrogens is 345 g/mol. The van der Waals surface area contributed by atoms with Crippen molar-refractivity contribution in [2.75, 3.05) is 0 Å². The molecule has 4 rings (SSSR count). The van der Waals surface area contributed by atoms with Gasteiger partial charge in [0.15, 0.2) is 0 Å². The lowest BCUT2D eigenvalue weighted by Crippen LogP contribution is -2.37. The number of halogens is 1. The van der Waals surface area contributed by atoms with Crippen LogP contribution in [-0.4, -0.2) is 16.1 Å². The van der Waals surface area contributed by atoms with Crippen molar-refractivity contribution in [3.63, 3.8) is 0 Å². The Morgan fingerprint density at radius 2 is 1.78 bits per heavy atom. The summed E-state index contributed by atoms with van der Waals surface area (Å²) < 4.78 is 18.9. The predicted molar refractivity (Wildman–Crippen MR) is 98.1 cm³/mol. The van der Waals surface area contributed by atoms with Crippen molar-refractivity contribution < 1.29 is 13.6 Å². The van der Waals surface area contributed by atoms with Crippen LogP contribution in [0.2, 0.25) is 0 Å². The topological polar surface area (TPSA) is 68.0 Å². The van der Waals surface area contributed by atoms with Crippen LogP contribution in [0.4, 0.5) is 4.39 Å². The Bertz CT molecular complexity index is 967. The van der Waals surface area contributed by atoms with Crippen LogP contribution >= 0.6 is 0 Å². The van der Waals surface area contributed by atoms with Crippen molar-refractivity contribution in [3.05, 3.63) is 71.9 Å². The second kappa shape index (κ2) is 6.30. The average Bonchev–Trinajstić information content (AvgIpc) is 3.03. The molecule has 1 N–H and O–H groups in total. The quantitative estimate of drug-likeness (QED) is 0.745. The Balaban J connectivity index is 1.49. The molecular formula is C21H20FN3O2. The first-order valence-corrected chi connectivity index (χ1v) is 8.84. The minimum atomic E-state index is -0.664. The summed E-state index contributed by atoms with van der Waals surface area (Å²) in [4.78, 5) is 13.0. The molecule has 1 fully saturated rings. The van der Waals surface area contributed by atoms with Crippen LogP contribution in [0.25, 0.3) is 11.5 Å². The first kappa shape index (κ1) is 17.4. The van der Waals surface area contributed by atoms with Crippen molar-refractivity contribution in [3.8, 4) is 11.5 Å². The van der Waals surface area contributed by atoms with Gasteiger partial charge < -0.3 is 9.73 Å². The third kappa shape index (κ3) is 3.01. The highest BCUT2D eigenvalue weighted by molar-refractivity contribution is 5.93. The van der Waals surface area contributed by atoms with Crippen LogP contribution in [0.3, 0.4) is 0 Å². The van der Waals surface area contributed by atoms with Gasteiger partial charge in [0, 0.05) is 5.56 Å². The average molecular weight is 365 g/mol. The van der Waals surface area contributed by atoms with Crippen LogP contribution in [0.1, 0.15) is 31.7 Å². The van der Waals surface area contributed by atoms with Gasteiger partial charge in [-0.05, 0) is 41.7 Å². The van der Waals surface area contributed by atoms with E-state index in [0.717, 1.165) is 11.1 Å². The molecule has 1 saturated carbocycles. The van der Waals surface area contributed by atoms with Crippen LogP contribution < -0.4 is 5.32 Å². The minimum absolute atomic E-state index is 0.112. The van der Waals surface area contributed by atoms with E-state index < -0.39 is 5.41 Å². The molecule has 1 amide bonds. The number of carbonyl (C=O) groups is 1. The van der Waals surface area contributed by atoms with Gasteiger partial charge in [-0.15, -0.1) is 10.2 Å². The standard InChI is InChI=1S/C21H20FN3O2/c1-20(2)13-21(20,15-8-10-16(22)11-9-15)19(26)23-12-17-24-25-18(27-17)14-6-4-3-5-7-14/h3-11H,12-13H2,1-2H3,(H,23,26)/t21-/m0/s1. The number of hydrogen-bond acceptors (Lipinski definition) is 4. The number of aromatic nitrogens is 2. The summed E-state index contributed by atoms with van der Waals surface area (Å²) in [6, 6.07) is 15.6. The summed E-state index contributed by atoms with van der Waals surface area (Å²) in [6.07, 6.45) is 0.705. The normalized spacial score (nSPS) is 20.3. The molecule has 0 spiro atoms. The van der Waals surface area contributed by atoms with Crippen LogP contribution in [0.15, 0.2) is 59.0 Å². The number of benzene rings is 2. The first-order chi connectivity index (χ1) is 12.9. The lowest BCUT2D eigenvalue weighted by Gasteiger charge is -2.20. The van der Waals surface area contributed by atoms with E-state index in [1.807, 2.05) is 44.2 Å². The molecule has 6 heteroatoms. The zero-order chi connectivity index (χ0) is 19.1. The third-order valence-electron chi connectivity index (χ3n) is 5.35. The molecule has 0 saturated heterocycles. The highest BCUT2D eigenvalue weighted by atomic mass is 19.1. The molecule has 2 aromatic carbocycles. The summed E-state index contributed by atoms with van der Waals surface area (Å²) in [5.74, 6) is 0.334. The Hall–Kier alpha value is -3.02. The fourth-order valence-electron chi connectivity index (χ4n) is 3.69. The minimum Gasteiger partial charge on any atom is -0.419 e. The number of nitrogens with one attached hydrogen (secondary N) is 1. The number of nitrogens with zero attached hydrogens (tertiary/aromatic N) is 2. The summed E-state index contributed by atoms with van der Waals surface area (Å²) in [5, 5.41) is 10.9. The lowest BCUT2D eigenvalue weighted by molar-refractivity contribution is -0.124. The molecule has 1 aromatic heterocycles. The van der Waals surface area contributed by atoms with Gasteiger partial charge in [-0.1, -0.05) is 44.2 Å². The van der Waals surface area contributed by atoms with E-state index in [9.17, 15) is 9.18 Å². The maximum Gasteiger partial charge on any atom is 0.247 e. The second-order valence-corrected chi connectivity index (χ2v) is 7.52. The SMILES string of the molecule is CC1(C)C[C@@]1(C(=O)NCc1nnc(-c2ccccc2)o1)c1ccc(F)cc1. The van der Waals surface area contributed by atoms with E-state index in [1.165, 1.54) is 12.1 Å². The van der Waals surface area contributed by atoms with Crippen molar-refractivity contribution in [2.45, 2.75) is 32.2 Å². The zero-order valence-corrected chi connectivity index (χ0v) is 15.2. The second-order valence-electron chi connectivity index (χ2n) is 7.52. The van der Waals surface area contributed by atoms with Crippen LogP contribution in [0.5, 0.6) is 0 Å². The van der Waals surface area contributed by atoms with E-state index >= 15 is 0 Å². The van der Waals surface area contributed by atoms with Gasteiger partial charge >= 0.3 is 0 Å². The molecule has 0 unspecified atom stereocenters. The highest BCUT2D eigenvalue weighted by Crippen LogP contribution is 2.64. The maximum absolute atomic E-state index is 13.3. The number of hydrogen-bond donors (Lipinski definition) is 1. The molecule has 138 valence electrons. The molecule has 1 atom stereocenters. The summed E-state index contributed by atoms with van der Waals surface area (Å²) >= 11 is 0. The van der Waals surface area contributed by atoms with Crippen molar-refractivity contribution >= 4 is 5.91 Å². The van der Waals surface area contributed by atoms with E-state index in [-0.39, 0.29) is 23.7 Å². The lowest BCUT2D eigenvalue weighted by atomic mass is 9.87. The highest BCUT2D eigenvalue weighted by Gasteiger charge is 2.67. The van der Waals surface area contributed by atoms with Crippen molar-refractivity contribution in [1.29, 1.82) is 0 Å². The van der Waals surface area contributed by atoms with Crippen molar-refractivity contribution in [1.82, 2.24) is 15.5 Å². The summed E-state index contributed by atoms with van der Waals surface area (Å²) in [5.41, 5.74) is 0.790. The summed E-state index contributed by atoms with van der Waals surface area (Å²) in [7, 11) is 0. The molecule has 1 heterocycles. The van der Waals surface area contributed by atoms with Gasteiger partial charge in [-0.2, -0.15) is 0 Å². The summed E-state index contributed by atoms with van der Waals surface area (Å²) in [6.45, 7) is 4.23. The molecule has 1 aliphatic carbocycles. The first-order valence-electron chi connectivity index (χ1n) is 8.84. The van der Waals surface area contributed by atoms with Gasteiger partial charge in [0.25, 0.3) is 0 Å². The van der Waals surface area contributed by atoms with Gasteiger partial charge in [-0.3, -0.25) is 4.79 Å². The van der Waals surface area contributed by atoms with E-state index in [2.05, 4.69) is 15.5 Å². The molecule has 3 aromatic rings. The number of amides is 1. The predicted octanol–water partition coefficient (Wildman–Crippen LogP) is 3.86. The fraction of sp³-hybridized carbons (Fsp3) is 0.286. The fourth-order valence-corrected chi connectivity index (χ4v) is 3.69. The van der Waals surface area contributed by atoms with Gasteiger partial charge in [0.2, 0.25) is 17.7 Å². The molecule has 5 nitrogen and oxygen atoms in total.